The Bertz CT molecular complexity index is 871. The van der Waals surface area contributed by atoms with E-state index in [4.69, 9.17) is 5.73 Å². The third kappa shape index (κ3) is 2.60. The van der Waals surface area contributed by atoms with Gasteiger partial charge >= 0.3 is 0 Å². The van der Waals surface area contributed by atoms with Gasteiger partial charge in [-0.25, -0.2) is 9.97 Å². The lowest BCUT2D eigenvalue weighted by molar-refractivity contribution is 0.0909. The number of aryl methyl sites for hydroxylation is 1. The van der Waals surface area contributed by atoms with Gasteiger partial charge < -0.3 is 16.4 Å². The zero-order valence-electron chi connectivity index (χ0n) is 15.4. The zero-order chi connectivity index (χ0) is 18.3. The number of fused-ring (bicyclic) bond motifs is 2. The van der Waals surface area contributed by atoms with Crippen molar-refractivity contribution in [2.45, 2.75) is 57.9 Å². The predicted molar refractivity (Wildman–Crippen MR) is 103 cm³/mol. The van der Waals surface area contributed by atoms with Gasteiger partial charge in [0, 0.05) is 16.8 Å². The number of rotatable bonds is 3. The summed E-state index contributed by atoms with van der Waals surface area (Å²) in [6, 6.07) is 4.17. The third-order valence-electron chi connectivity index (χ3n) is 5.79. The number of nitrogen functional groups attached to an aromatic ring is 1. The number of nitrogens with two attached hydrogens (primary N) is 1. The number of aromatic nitrogens is 2. The van der Waals surface area contributed by atoms with E-state index in [0.29, 0.717) is 11.6 Å². The molecule has 0 atom stereocenters. The molecule has 4 rings (SSSR count). The van der Waals surface area contributed by atoms with Gasteiger partial charge in [-0.05, 0) is 49.4 Å². The summed E-state index contributed by atoms with van der Waals surface area (Å²) >= 11 is 0. The van der Waals surface area contributed by atoms with Crippen molar-refractivity contribution in [3.05, 3.63) is 40.7 Å². The number of amides is 1. The van der Waals surface area contributed by atoms with E-state index in [-0.39, 0.29) is 11.4 Å². The second-order valence-corrected chi connectivity index (χ2v) is 7.37. The van der Waals surface area contributed by atoms with Crippen LogP contribution in [0.4, 0.5) is 17.3 Å². The molecule has 1 aliphatic heterocycles. The molecule has 1 amide bonds. The van der Waals surface area contributed by atoms with Crippen LogP contribution in [0.15, 0.2) is 18.5 Å². The SMILES string of the molecule is CCc1cc(Nc2ncnc(N)c2C)cc2c1C(=O)NC21CCCCC1. The van der Waals surface area contributed by atoms with E-state index in [0.717, 1.165) is 60.0 Å². The van der Waals surface area contributed by atoms with Gasteiger partial charge in [0.1, 0.15) is 18.0 Å². The number of hydrogen-bond acceptors (Lipinski definition) is 5. The molecule has 0 radical (unpaired) electrons. The van der Waals surface area contributed by atoms with Gasteiger partial charge in [0.2, 0.25) is 0 Å². The van der Waals surface area contributed by atoms with Crippen molar-refractivity contribution in [3.63, 3.8) is 0 Å². The summed E-state index contributed by atoms with van der Waals surface area (Å²) in [7, 11) is 0. The quantitative estimate of drug-likeness (QED) is 0.786. The van der Waals surface area contributed by atoms with E-state index in [1.54, 1.807) is 0 Å². The first-order valence-electron chi connectivity index (χ1n) is 9.38. The second kappa shape index (κ2) is 6.27. The smallest absolute Gasteiger partial charge is 0.252 e. The maximum atomic E-state index is 12.7. The normalized spacial score (nSPS) is 17.8. The Labute approximate surface area is 153 Å². The van der Waals surface area contributed by atoms with Crippen LogP contribution in [-0.4, -0.2) is 15.9 Å². The summed E-state index contributed by atoms with van der Waals surface area (Å²) < 4.78 is 0. The van der Waals surface area contributed by atoms with Gasteiger partial charge in [0.05, 0.1) is 5.54 Å². The Balaban J connectivity index is 1.80. The Kier molecular flexibility index (Phi) is 4.05. The van der Waals surface area contributed by atoms with Gasteiger partial charge in [-0.2, -0.15) is 0 Å². The van der Waals surface area contributed by atoms with Gasteiger partial charge in [-0.3, -0.25) is 4.79 Å². The maximum Gasteiger partial charge on any atom is 0.252 e. The molecule has 1 saturated carbocycles. The highest BCUT2D eigenvalue weighted by atomic mass is 16.2. The van der Waals surface area contributed by atoms with Crippen molar-refractivity contribution >= 4 is 23.2 Å². The van der Waals surface area contributed by atoms with Crippen LogP contribution in [0.25, 0.3) is 0 Å². The Hall–Kier alpha value is -2.63. The fraction of sp³-hybridized carbons (Fsp3) is 0.450. The summed E-state index contributed by atoms with van der Waals surface area (Å²) in [5, 5.41) is 6.69. The Morgan fingerprint density at radius 2 is 2.00 bits per heavy atom. The van der Waals surface area contributed by atoms with Crippen molar-refractivity contribution in [2.75, 3.05) is 11.1 Å². The number of nitrogens with zero attached hydrogens (tertiary/aromatic N) is 2. The molecule has 0 unspecified atom stereocenters. The Morgan fingerprint density at radius 3 is 2.73 bits per heavy atom. The molecule has 2 heterocycles. The number of hydrogen-bond donors (Lipinski definition) is 3. The number of carbonyl (C=O) groups is 1. The number of carbonyl (C=O) groups excluding carboxylic acids is 1. The minimum atomic E-state index is -0.202. The largest absolute Gasteiger partial charge is 0.383 e. The van der Waals surface area contributed by atoms with E-state index in [1.807, 2.05) is 6.92 Å². The van der Waals surface area contributed by atoms with Crippen LogP contribution in [-0.2, 0) is 12.0 Å². The number of nitrogens with one attached hydrogen (secondary N) is 2. The van der Waals surface area contributed by atoms with Crippen molar-refractivity contribution in [1.82, 2.24) is 15.3 Å². The molecule has 0 saturated heterocycles. The van der Waals surface area contributed by atoms with Crippen molar-refractivity contribution in [2.24, 2.45) is 0 Å². The molecule has 1 spiro atoms. The molecule has 136 valence electrons. The molecule has 2 aliphatic rings. The molecule has 1 fully saturated rings. The standard InChI is InChI=1S/C20H25N5O/c1-3-13-9-14(24-18-12(2)17(21)22-11-23-18)10-15-16(13)19(26)25-20(15)7-5-4-6-8-20/h9-11H,3-8H2,1-2H3,(H,25,26)(H3,21,22,23,24). The number of benzene rings is 1. The highest BCUT2D eigenvalue weighted by Crippen LogP contribution is 2.45. The van der Waals surface area contributed by atoms with Crippen LogP contribution >= 0.6 is 0 Å². The lowest BCUT2D eigenvalue weighted by Crippen LogP contribution is -2.40. The van der Waals surface area contributed by atoms with Gasteiger partial charge in [-0.15, -0.1) is 0 Å². The summed E-state index contributed by atoms with van der Waals surface area (Å²) in [6.07, 6.45) is 7.85. The lowest BCUT2D eigenvalue weighted by Gasteiger charge is -2.34. The minimum Gasteiger partial charge on any atom is -0.383 e. The first-order valence-corrected chi connectivity index (χ1v) is 9.38. The highest BCUT2D eigenvalue weighted by Gasteiger charge is 2.44. The molecule has 0 bridgehead atoms. The van der Waals surface area contributed by atoms with E-state index in [2.05, 4.69) is 39.7 Å². The molecular formula is C20H25N5O. The van der Waals surface area contributed by atoms with Crippen LogP contribution in [0.3, 0.4) is 0 Å². The molecule has 4 N–H and O–H groups in total. The highest BCUT2D eigenvalue weighted by molar-refractivity contribution is 6.02. The minimum absolute atomic E-state index is 0.0766. The van der Waals surface area contributed by atoms with Crippen molar-refractivity contribution in [1.29, 1.82) is 0 Å². The van der Waals surface area contributed by atoms with Crippen LogP contribution in [0, 0.1) is 6.92 Å². The molecule has 1 aromatic carbocycles. The van der Waals surface area contributed by atoms with E-state index < -0.39 is 0 Å². The molecular weight excluding hydrogens is 326 g/mol. The monoisotopic (exact) mass is 351 g/mol. The topological polar surface area (TPSA) is 92.9 Å². The summed E-state index contributed by atoms with van der Waals surface area (Å²) in [4.78, 5) is 21.1. The van der Waals surface area contributed by atoms with Gasteiger partial charge in [0.15, 0.2) is 0 Å². The Morgan fingerprint density at radius 1 is 1.23 bits per heavy atom. The fourth-order valence-electron chi connectivity index (χ4n) is 4.32. The molecule has 1 aliphatic carbocycles. The fourth-order valence-corrected chi connectivity index (χ4v) is 4.32. The van der Waals surface area contributed by atoms with Crippen LogP contribution in [0.1, 0.15) is 66.1 Å². The molecule has 1 aromatic heterocycles. The maximum absolute atomic E-state index is 12.7. The molecule has 6 nitrogen and oxygen atoms in total. The van der Waals surface area contributed by atoms with E-state index >= 15 is 0 Å². The molecule has 26 heavy (non-hydrogen) atoms. The van der Waals surface area contributed by atoms with E-state index in [1.165, 1.54) is 12.7 Å². The first kappa shape index (κ1) is 16.8. The van der Waals surface area contributed by atoms with E-state index in [9.17, 15) is 4.79 Å². The summed E-state index contributed by atoms with van der Waals surface area (Å²) in [6.45, 7) is 3.99. The summed E-state index contributed by atoms with van der Waals surface area (Å²) in [5.41, 5.74) is 10.6. The van der Waals surface area contributed by atoms with Crippen LogP contribution < -0.4 is 16.4 Å². The average molecular weight is 351 g/mol. The lowest BCUT2D eigenvalue weighted by atomic mass is 9.76. The zero-order valence-corrected chi connectivity index (χ0v) is 15.4. The van der Waals surface area contributed by atoms with Crippen LogP contribution in [0.5, 0.6) is 0 Å². The third-order valence-corrected chi connectivity index (χ3v) is 5.79. The summed E-state index contributed by atoms with van der Waals surface area (Å²) in [5.74, 6) is 1.25. The molecule has 2 aromatic rings. The van der Waals surface area contributed by atoms with Crippen LogP contribution in [0.2, 0.25) is 0 Å². The predicted octanol–water partition coefficient (Wildman–Crippen LogP) is 3.58. The first-order chi connectivity index (χ1) is 12.5. The molecule has 6 heteroatoms. The van der Waals surface area contributed by atoms with Crippen molar-refractivity contribution < 1.29 is 4.79 Å². The second-order valence-electron chi connectivity index (χ2n) is 7.37. The number of anilines is 3. The van der Waals surface area contributed by atoms with Gasteiger partial charge in [0.25, 0.3) is 5.91 Å². The average Bonchev–Trinajstić information content (AvgIpc) is 2.90. The van der Waals surface area contributed by atoms with Crippen molar-refractivity contribution in [3.8, 4) is 0 Å². The van der Waals surface area contributed by atoms with Gasteiger partial charge in [-0.1, -0.05) is 26.2 Å².